The molecule has 1 heterocycles. The number of carbonyl (C=O) groups is 1. The third kappa shape index (κ3) is 4.21. The van der Waals surface area contributed by atoms with Gasteiger partial charge in [-0.3, -0.25) is 10.0 Å². The lowest BCUT2D eigenvalue weighted by Gasteiger charge is -2.11. The van der Waals surface area contributed by atoms with Crippen molar-refractivity contribution in [3.8, 4) is 5.75 Å². The normalized spacial score (nSPS) is 10.5. The van der Waals surface area contributed by atoms with Crippen LogP contribution in [0.5, 0.6) is 5.75 Å². The van der Waals surface area contributed by atoms with Crippen LogP contribution >= 0.6 is 0 Å². The van der Waals surface area contributed by atoms with E-state index in [1.807, 2.05) is 43.3 Å². The van der Waals surface area contributed by atoms with Gasteiger partial charge in [-0.15, -0.1) is 0 Å². The highest BCUT2D eigenvalue weighted by Gasteiger charge is 2.06. The molecule has 0 spiro atoms. The summed E-state index contributed by atoms with van der Waals surface area (Å²) in [5, 5.41) is 12.7. The lowest BCUT2D eigenvalue weighted by atomic mass is 10.2. The van der Waals surface area contributed by atoms with Gasteiger partial charge in [-0.25, -0.2) is 15.4 Å². The van der Waals surface area contributed by atoms with E-state index in [0.29, 0.717) is 11.6 Å². The number of hydrogen-bond donors (Lipinski definition) is 3. The fourth-order valence-corrected chi connectivity index (χ4v) is 2.38. The van der Waals surface area contributed by atoms with Gasteiger partial charge in [0.2, 0.25) is 5.91 Å². The molecule has 7 heteroatoms. The van der Waals surface area contributed by atoms with Crippen LogP contribution in [0.3, 0.4) is 0 Å². The Morgan fingerprint density at radius 3 is 2.64 bits per heavy atom. The van der Waals surface area contributed by atoms with Gasteiger partial charge < -0.3 is 10.1 Å². The first kappa shape index (κ1) is 16.7. The molecule has 0 aliphatic heterocycles. The van der Waals surface area contributed by atoms with E-state index in [1.165, 1.54) is 0 Å². The van der Waals surface area contributed by atoms with Gasteiger partial charge in [0.05, 0.1) is 18.5 Å². The molecule has 128 valence electrons. The zero-order valence-corrected chi connectivity index (χ0v) is 13.7. The molecule has 3 rings (SSSR count). The minimum Gasteiger partial charge on any atom is -0.493 e. The summed E-state index contributed by atoms with van der Waals surface area (Å²) in [6.45, 7) is 2.05. The molecule has 0 saturated carbocycles. The number of anilines is 2. The highest BCUT2D eigenvalue weighted by molar-refractivity contribution is 5.90. The number of nitrogens with zero attached hydrogens (tertiary/aromatic N) is 2. The first-order valence-corrected chi connectivity index (χ1v) is 7.82. The highest BCUT2D eigenvalue weighted by atomic mass is 16.5. The molecule has 0 aliphatic carbocycles. The third-order valence-corrected chi connectivity index (χ3v) is 3.55. The Hall–Kier alpha value is -3.19. The van der Waals surface area contributed by atoms with E-state index in [0.717, 1.165) is 22.4 Å². The summed E-state index contributed by atoms with van der Waals surface area (Å²) >= 11 is 0. The van der Waals surface area contributed by atoms with E-state index in [2.05, 4.69) is 15.3 Å². The van der Waals surface area contributed by atoms with E-state index >= 15 is 0 Å². The van der Waals surface area contributed by atoms with Gasteiger partial charge in [-0.2, -0.15) is 0 Å². The van der Waals surface area contributed by atoms with E-state index in [4.69, 9.17) is 9.94 Å². The molecule has 0 radical (unpaired) electrons. The molecular weight excluding hydrogens is 320 g/mol. The summed E-state index contributed by atoms with van der Waals surface area (Å²) in [4.78, 5) is 19.8. The quantitative estimate of drug-likeness (QED) is 0.472. The zero-order valence-electron chi connectivity index (χ0n) is 13.7. The number of carbonyl (C=O) groups excluding carboxylic acids is 1. The van der Waals surface area contributed by atoms with Gasteiger partial charge in [0.1, 0.15) is 17.4 Å². The summed E-state index contributed by atoms with van der Waals surface area (Å²) in [7, 11) is 0. The maximum absolute atomic E-state index is 10.9. The Morgan fingerprint density at radius 1 is 1.12 bits per heavy atom. The van der Waals surface area contributed by atoms with Crippen LogP contribution in [0, 0.1) is 6.92 Å². The minimum absolute atomic E-state index is 0.0860. The smallest absolute Gasteiger partial charge is 0.246 e. The Kier molecular flexibility index (Phi) is 5.06. The van der Waals surface area contributed by atoms with Crippen molar-refractivity contribution in [1.29, 1.82) is 0 Å². The molecule has 0 aliphatic rings. The van der Waals surface area contributed by atoms with Crippen molar-refractivity contribution in [2.75, 3.05) is 11.9 Å². The monoisotopic (exact) mass is 338 g/mol. The number of aromatic nitrogens is 2. The summed E-state index contributed by atoms with van der Waals surface area (Å²) < 4.78 is 5.45. The molecule has 25 heavy (non-hydrogen) atoms. The molecule has 3 N–H and O–H groups in total. The van der Waals surface area contributed by atoms with Crippen LogP contribution in [-0.4, -0.2) is 27.7 Å². The number of rotatable bonds is 6. The highest BCUT2D eigenvalue weighted by Crippen LogP contribution is 2.25. The molecular formula is C18H18N4O3. The summed E-state index contributed by atoms with van der Waals surface area (Å²) in [5.74, 6) is 1.60. The molecule has 3 aromatic rings. The molecule has 0 unspecified atom stereocenters. The van der Waals surface area contributed by atoms with E-state index < -0.39 is 5.91 Å². The van der Waals surface area contributed by atoms with E-state index in [-0.39, 0.29) is 13.0 Å². The van der Waals surface area contributed by atoms with Gasteiger partial charge in [-0.1, -0.05) is 12.1 Å². The van der Waals surface area contributed by atoms with Gasteiger partial charge in [-0.05, 0) is 43.3 Å². The second kappa shape index (κ2) is 7.59. The third-order valence-electron chi connectivity index (χ3n) is 3.55. The fraction of sp³-hybridized carbons (Fsp3) is 0.167. The number of nitrogens with one attached hydrogen (secondary N) is 2. The second-order valence-electron chi connectivity index (χ2n) is 5.42. The van der Waals surface area contributed by atoms with Crippen molar-refractivity contribution in [2.24, 2.45) is 0 Å². The second-order valence-corrected chi connectivity index (χ2v) is 5.42. The maximum Gasteiger partial charge on any atom is 0.246 e. The van der Waals surface area contributed by atoms with Crippen LogP contribution in [-0.2, 0) is 4.79 Å². The van der Waals surface area contributed by atoms with Gasteiger partial charge in [0.25, 0.3) is 0 Å². The van der Waals surface area contributed by atoms with Crippen LogP contribution in [0.25, 0.3) is 10.9 Å². The van der Waals surface area contributed by atoms with E-state index in [9.17, 15) is 4.79 Å². The van der Waals surface area contributed by atoms with Crippen molar-refractivity contribution >= 4 is 28.3 Å². The van der Waals surface area contributed by atoms with Crippen molar-refractivity contribution in [1.82, 2.24) is 15.4 Å². The average Bonchev–Trinajstić information content (AvgIpc) is 2.63. The van der Waals surface area contributed by atoms with Crippen LogP contribution in [0.15, 0.2) is 48.5 Å². The predicted molar refractivity (Wildman–Crippen MR) is 94.0 cm³/mol. The van der Waals surface area contributed by atoms with Gasteiger partial charge in [0, 0.05) is 11.1 Å². The Balaban J connectivity index is 1.71. The molecule has 0 atom stereocenters. The predicted octanol–water partition coefficient (Wildman–Crippen LogP) is 2.96. The van der Waals surface area contributed by atoms with Crippen LogP contribution in [0.4, 0.5) is 11.5 Å². The Morgan fingerprint density at radius 2 is 1.88 bits per heavy atom. The number of benzene rings is 2. The lowest BCUT2D eigenvalue weighted by molar-refractivity contribution is -0.129. The number of fused-ring (bicyclic) bond motifs is 1. The van der Waals surface area contributed by atoms with Crippen molar-refractivity contribution in [3.63, 3.8) is 0 Å². The molecule has 2 aromatic carbocycles. The molecule has 1 aromatic heterocycles. The first-order valence-electron chi connectivity index (χ1n) is 7.82. The lowest BCUT2D eigenvalue weighted by Crippen LogP contribution is -2.20. The molecule has 0 fully saturated rings. The number of ether oxygens (including phenoxy) is 1. The Bertz CT molecular complexity index is 881. The number of amides is 1. The van der Waals surface area contributed by atoms with Crippen molar-refractivity contribution < 1.29 is 14.7 Å². The average molecular weight is 338 g/mol. The maximum atomic E-state index is 10.9. The van der Waals surface area contributed by atoms with Crippen LogP contribution < -0.4 is 15.5 Å². The first-order chi connectivity index (χ1) is 12.2. The van der Waals surface area contributed by atoms with Crippen LogP contribution in [0.2, 0.25) is 0 Å². The SMILES string of the molecule is Cc1nc(Nc2ccc(OCCC(=O)NO)cc2)c2ccccc2n1. The summed E-state index contributed by atoms with van der Waals surface area (Å²) in [6, 6.07) is 15.2. The zero-order chi connectivity index (χ0) is 17.6. The Labute approximate surface area is 144 Å². The largest absolute Gasteiger partial charge is 0.493 e. The number of hydroxylamine groups is 1. The van der Waals surface area contributed by atoms with E-state index in [1.54, 1.807) is 17.6 Å². The van der Waals surface area contributed by atoms with Crippen molar-refractivity contribution in [3.05, 3.63) is 54.4 Å². The van der Waals surface area contributed by atoms with Crippen molar-refractivity contribution in [2.45, 2.75) is 13.3 Å². The van der Waals surface area contributed by atoms with Gasteiger partial charge in [0.15, 0.2) is 0 Å². The number of para-hydroxylation sites is 1. The minimum atomic E-state index is -0.482. The number of aryl methyl sites for hydroxylation is 1. The van der Waals surface area contributed by atoms with Crippen LogP contribution in [0.1, 0.15) is 12.2 Å². The standard InChI is InChI=1S/C18H18N4O3/c1-12-19-16-5-3-2-4-15(16)18(20-12)21-13-6-8-14(9-7-13)25-11-10-17(23)22-24/h2-9,24H,10-11H2,1H3,(H,22,23)(H,19,20,21). The van der Waals surface area contributed by atoms with Gasteiger partial charge >= 0.3 is 0 Å². The fourth-order valence-electron chi connectivity index (χ4n) is 2.38. The molecule has 0 bridgehead atoms. The number of hydrogen-bond acceptors (Lipinski definition) is 6. The topological polar surface area (TPSA) is 96.4 Å². The molecule has 0 saturated heterocycles. The summed E-state index contributed by atoms with van der Waals surface area (Å²) in [6.07, 6.45) is 0.0860. The molecule has 1 amide bonds. The molecule has 7 nitrogen and oxygen atoms in total. The summed E-state index contributed by atoms with van der Waals surface area (Å²) in [5.41, 5.74) is 3.32.